The van der Waals surface area contributed by atoms with E-state index < -0.39 is 0 Å². The molecule has 0 bridgehead atoms. The van der Waals surface area contributed by atoms with Crippen LogP contribution in [0.5, 0.6) is 0 Å². The Labute approximate surface area is 65.1 Å². The molecule has 1 fully saturated rings. The number of hydrogen-bond acceptors (Lipinski definition) is 2. The molecule has 3 heteroatoms. The summed E-state index contributed by atoms with van der Waals surface area (Å²) in [6.45, 7) is 4.37. The molecular formula is C7H17NOP+. The van der Waals surface area contributed by atoms with Crippen molar-refractivity contribution in [2.24, 2.45) is 0 Å². The van der Waals surface area contributed by atoms with Crippen molar-refractivity contribution >= 4 is 9.24 Å². The van der Waals surface area contributed by atoms with E-state index in [0.717, 1.165) is 19.5 Å². The van der Waals surface area contributed by atoms with Gasteiger partial charge in [-0.25, -0.2) is 0 Å². The zero-order valence-electron chi connectivity index (χ0n) is 6.84. The molecule has 2 nitrogen and oxygen atoms in total. The minimum absolute atomic E-state index is 0.448. The summed E-state index contributed by atoms with van der Waals surface area (Å²) in [7, 11) is 4.10. The first kappa shape index (κ1) is 8.45. The Kier molecular flexibility index (Phi) is 3.09. The first-order valence-corrected chi connectivity index (χ1v) is 4.71. The summed E-state index contributed by atoms with van der Waals surface area (Å²) in [5.74, 6) is 0.448. The standard InChI is InChI=1S/C7H16NOP/c1-3-6-4-8(2)5-7(10)9-6/h6-7H,3-5,10H2,1-2H3/p+1. The zero-order valence-corrected chi connectivity index (χ0v) is 8.25. The lowest BCUT2D eigenvalue weighted by molar-refractivity contribution is -0.0389. The van der Waals surface area contributed by atoms with Gasteiger partial charge in [0.15, 0.2) is 5.85 Å². The van der Waals surface area contributed by atoms with E-state index in [-0.39, 0.29) is 0 Å². The fourth-order valence-electron chi connectivity index (χ4n) is 1.35. The Morgan fingerprint density at radius 1 is 1.60 bits per heavy atom. The topological polar surface area (TPSA) is 12.5 Å². The van der Waals surface area contributed by atoms with E-state index in [1.54, 1.807) is 0 Å². The molecule has 60 valence electrons. The molecule has 0 aromatic heterocycles. The second kappa shape index (κ2) is 3.66. The number of ether oxygens (including phenoxy) is 1. The maximum absolute atomic E-state index is 5.68. The van der Waals surface area contributed by atoms with Crippen molar-refractivity contribution < 1.29 is 4.74 Å². The van der Waals surface area contributed by atoms with Crippen molar-refractivity contribution in [2.45, 2.75) is 25.3 Å². The Hall–Kier alpha value is 0.350. The third-order valence-corrected chi connectivity index (χ3v) is 2.32. The predicted octanol–water partition coefficient (Wildman–Crippen LogP) is 0.660. The molecule has 10 heavy (non-hydrogen) atoms. The Morgan fingerprint density at radius 2 is 2.30 bits per heavy atom. The van der Waals surface area contributed by atoms with Gasteiger partial charge in [-0.05, 0) is 13.5 Å². The second-order valence-corrected chi connectivity index (χ2v) is 3.92. The van der Waals surface area contributed by atoms with E-state index >= 15 is 0 Å². The molecule has 1 aliphatic rings. The fraction of sp³-hybridized carbons (Fsp3) is 1.00. The van der Waals surface area contributed by atoms with Gasteiger partial charge in [0.1, 0.15) is 0 Å². The van der Waals surface area contributed by atoms with Gasteiger partial charge in [-0.3, -0.25) is 4.90 Å². The normalized spacial score (nSPS) is 36.6. The van der Waals surface area contributed by atoms with Crippen LogP contribution in [0.2, 0.25) is 0 Å². The van der Waals surface area contributed by atoms with Crippen LogP contribution in [0.1, 0.15) is 13.3 Å². The molecule has 1 saturated heterocycles. The van der Waals surface area contributed by atoms with Gasteiger partial charge >= 0.3 is 0 Å². The number of hydrogen-bond donors (Lipinski definition) is 0. The van der Waals surface area contributed by atoms with Crippen molar-refractivity contribution in [3.05, 3.63) is 0 Å². The van der Waals surface area contributed by atoms with Gasteiger partial charge in [0.25, 0.3) is 0 Å². The van der Waals surface area contributed by atoms with Crippen LogP contribution >= 0.6 is 9.24 Å². The molecule has 0 radical (unpaired) electrons. The minimum Gasteiger partial charge on any atom is -0.338 e. The van der Waals surface area contributed by atoms with Crippen molar-refractivity contribution in [1.29, 1.82) is 0 Å². The number of morpholine rings is 1. The SMILES string of the molecule is CCC1CN(C)CC([PH3+])O1. The smallest absolute Gasteiger partial charge is 0.172 e. The van der Waals surface area contributed by atoms with Crippen molar-refractivity contribution in [3.8, 4) is 0 Å². The van der Waals surface area contributed by atoms with Crippen LogP contribution in [0.3, 0.4) is 0 Å². The van der Waals surface area contributed by atoms with E-state index in [9.17, 15) is 0 Å². The molecule has 0 spiro atoms. The van der Waals surface area contributed by atoms with Crippen LogP contribution in [0.15, 0.2) is 0 Å². The summed E-state index contributed by atoms with van der Waals surface area (Å²) in [5, 5.41) is 0. The van der Waals surface area contributed by atoms with Crippen LogP contribution in [-0.2, 0) is 4.74 Å². The van der Waals surface area contributed by atoms with E-state index in [1.807, 2.05) is 9.24 Å². The maximum atomic E-state index is 5.68. The molecule has 0 aliphatic carbocycles. The van der Waals surface area contributed by atoms with Gasteiger partial charge in [0, 0.05) is 15.8 Å². The van der Waals surface area contributed by atoms with Crippen LogP contribution in [0.4, 0.5) is 0 Å². The lowest BCUT2D eigenvalue weighted by atomic mass is 10.2. The summed E-state index contributed by atoms with van der Waals surface area (Å²) in [6.07, 6.45) is 1.61. The number of rotatable bonds is 1. The molecule has 0 saturated carbocycles. The maximum Gasteiger partial charge on any atom is 0.172 e. The molecule has 1 aliphatic heterocycles. The lowest BCUT2D eigenvalue weighted by Crippen LogP contribution is -2.42. The van der Waals surface area contributed by atoms with Crippen molar-refractivity contribution in [3.63, 3.8) is 0 Å². The first-order chi connectivity index (χ1) is 4.72. The average molecular weight is 162 g/mol. The zero-order chi connectivity index (χ0) is 7.56. The van der Waals surface area contributed by atoms with E-state index in [0.29, 0.717) is 11.9 Å². The second-order valence-electron chi connectivity index (χ2n) is 3.01. The van der Waals surface area contributed by atoms with Gasteiger partial charge in [0.05, 0.1) is 12.6 Å². The van der Waals surface area contributed by atoms with E-state index in [4.69, 9.17) is 4.74 Å². The van der Waals surface area contributed by atoms with Gasteiger partial charge in [-0.15, -0.1) is 0 Å². The molecule has 3 unspecified atom stereocenters. The van der Waals surface area contributed by atoms with Gasteiger partial charge < -0.3 is 4.74 Å². The van der Waals surface area contributed by atoms with E-state index in [2.05, 4.69) is 18.9 Å². The molecular weight excluding hydrogens is 145 g/mol. The fourth-order valence-corrected chi connectivity index (χ4v) is 2.07. The predicted molar refractivity (Wildman–Crippen MR) is 47.6 cm³/mol. The largest absolute Gasteiger partial charge is 0.338 e. The number of likely N-dealkylation sites (N-methyl/N-ethyl adjacent to an activating group) is 1. The summed E-state index contributed by atoms with van der Waals surface area (Å²) in [6, 6.07) is 0. The first-order valence-electron chi connectivity index (χ1n) is 3.89. The minimum atomic E-state index is 0.448. The van der Waals surface area contributed by atoms with Crippen molar-refractivity contribution in [2.75, 3.05) is 20.1 Å². The molecule has 0 N–H and O–H groups in total. The van der Waals surface area contributed by atoms with Gasteiger partial charge in [-0.1, -0.05) is 6.92 Å². The van der Waals surface area contributed by atoms with Crippen LogP contribution in [0.25, 0.3) is 0 Å². The monoisotopic (exact) mass is 162 g/mol. The van der Waals surface area contributed by atoms with Gasteiger partial charge in [-0.2, -0.15) is 0 Å². The highest BCUT2D eigenvalue weighted by atomic mass is 31.0. The molecule has 1 rings (SSSR count). The molecule has 0 aromatic rings. The summed E-state index contributed by atoms with van der Waals surface area (Å²) in [4.78, 5) is 2.34. The van der Waals surface area contributed by atoms with Gasteiger partial charge in [0.2, 0.25) is 0 Å². The lowest BCUT2D eigenvalue weighted by Gasteiger charge is -2.31. The van der Waals surface area contributed by atoms with E-state index in [1.165, 1.54) is 0 Å². The highest BCUT2D eigenvalue weighted by Gasteiger charge is 2.23. The summed E-state index contributed by atoms with van der Waals surface area (Å²) < 4.78 is 5.68. The van der Waals surface area contributed by atoms with Crippen LogP contribution < -0.4 is 0 Å². The van der Waals surface area contributed by atoms with Crippen molar-refractivity contribution in [1.82, 2.24) is 4.90 Å². The highest BCUT2D eigenvalue weighted by Crippen LogP contribution is 2.15. The quantitative estimate of drug-likeness (QED) is 0.525. The molecule has 0 amide bonds. The average Bonchev–Trinajstić information content (AvgIpc) is 1.85. The highest BCUT2D eigenvalue weighted by molar-refractivity contribution is 7.17. The molecule has 3 atom stereocenters. The molecule has 0 aromatic carbocycles. The van der Waals surface area contributed by atoms with Crippen LogP contribution in [0, 0.1) is 0 Å². The number of nitrogens with zero attached hydrogens (tertiary/aromatic N) is 1. The van der Waals surface area contributed by atoms with Crippen LogP contribution in [-0.4, -0.2) is 37.0 Å². The summed E-state index contributed by atoms with van der Waals surface area (Å²) in [5.41, 5.74) is 0. The summed E-state index contributed by atoms with van der Waals surface area (Å²) >= 11 is 0. The third kappa shape index (κ3) is 2.19. The Morgan fingerprint density at radius 3 is 2.80 bits per heavy atom. The Bertz CT molecular complexity index is 99.8. The molecule has 1 heterocycles. The Balaban J connectivity index is 2.35. The third-order valence-electron chi connectivity index (χ3n) is 1.87.